The van der Waals surface area contributed by atoms with E-state index in [1.807, 2.05) is 0 Å². The summed E-state index contributed by atoms with van der Waals surface area (Å²) in [5.74, 6) is -0.592. The molecule has 1 aliphatic carbocycles. The van der Waals surface area contributed by atoms with Gasteiger partial charge < -0.3 is 4.74 Å². The Kier molecular flexibility index (Phi) is 5.18. The molecule has 0 atom stereocenters. The number of ether oxygens (including phenoxy) is 1. The number of aromatic nitrogens is 1. The first-order valence-electron chi connectivity index (χ1n) is 6.66. The molecule has 0 aliphatic heterocycles. The van der Waals surface area contributed by atoms with Crippen molar-refractivity contribution in [3.8, 4) is 0 Å². The third-order valence-corrected chi connectivity index (χ3v) is 5.90. The minimum Gasteiger partial charge on any atom is -0.468 e. The Morgan fingerprint density at radius 3 is 2.71 bits per heavy atom. The van der Waals surface area contributed by atoms with E-state index in [4.69, 9.17) is 11.6 Å². The van der Waals surface area contributed by atoms with Crippen LogP contribution in [0.2, 0.25) is 5.15 Å². The first-order chi connectivity index (χ1) is 9.96. The van der Waals surface area contributed by atoms with Crippen molar-refractivity contribution in [2.24, 2.45) is 0 Å². The second-order valence-electron chi connectivity index (χ2n) is 4.86. The number of pyridine rings is 1. The van der Waals surface area contributed by atoms with Crippen LogP contribution in [0.5, 0.6) is 0 Å². The van der Waals surface area contributed by atoms with Crippen molar-refractivity contribution in [2.45, 2.75) is 36.6 Å². The molecular formula is C13H17ClN2O4S. The highest BCUT2D eigenvalue weighted by molar-refractivity contribution is 7.89. The zero-order valence-electron chi connectivity index (χ0n) is 11.7. The van der Waals surface area contributed by atoms with Crippen LogP contribution < -0.4 is 0 Å². The average Bonchev–Trinajstić information content (AvgIpc) is 2.98. The number of esters is 1. The molecule has 0 unspecified atom stereocenters. The fourth-order valence-electron chi connectivity index (χ4n) is 2.48. The number of halogens is 1. The largest absolute Gasteiger partial charge is 0.468 e. The molecule has 1 aromatic rings. The minimum absolute atomic E-state index is 0.0810. The van der Waals surface area contributed by atoms with E-state index in [0.29, 0.717) is 0 Å². The van der Waals surface area contributed by atoms with Crippen molar-refractivity contribution in [3.63, 3.8) is 0 Å². The van der Waals surface area contributed by atoms with Gasteiger partial charge in [0, 0.05) is 12.2 Å². The van der Waals surface area contributed by atoms with E-state index in [1.54, 1.807) is 0 Å². The maximum absolute atomic E-state index is 12.8. The van der Waals surface area contributed by atoms with Crippen molar-refractivity contribution in [3.05, 3.63) is 23.5 Å². The molecule has 1 aromatic heterocycles. The van der Waals surface area contributed by atoms with Crippen LogP contribution in [-0.4, -0.2) is 43.4 Å². The summed E-state index contributed by atoms with van der Waals surface area (Å²) in [4.78, 5) is 15.3. The zero-order valence-corrected chi connectivity index (χ0v) is 13.2. The van der Waals surface area contributed by atoms with Gasteiger partial charge >= 0.3 is 5.97 Å². The minimum atomic E-state index is -3.88. The molecule has 116 valence electrons. The Labute approximate surface area is 129 Å². The van der Waals surface area contributed by atoms with E-state index in [0.717, 1.165) is 25.7 Å². The lowest BCUT2D eigenvalue weighted by atomic mass is 10.2. The third-order valence-electron chi connectivity index (χ3n) is 3.56. The van der Waals surface area contributed by atoms with Gasteiger partial charge in [0.1, 0.15) is 16.6 Å². The van der Waals surface area contributed by atoms with E-state index in [9.17, 15) is 13.2 Å². The molecule has 21 heavy (non-hydrogen) atoms. The van der Waals surface area contributed by atoms with Gasteiger partial charge in [-0.25, -0.2) is 13.4 Å². The number of nitrogens with zero attached hydrogens (tertiary/aromatic N) is 2. The van der Waals surface area contributed by atoms with Gasteiger partial charge in [0.2, 0.25) is 10.0 Å². The monoisotopic (exact) mass is 332 g/mol. The Morgan fingerprint density at radius 1 is 1.48 bits per heavy atom. The average molecular weight is 333 g/mol. The van der Waals surface area contributed by atoms with E-state index < -0.39 is 16.0 Å². The van der Waals surface area contributed by atoms with Gasteiger partial charge in [-0.3, -0.25) is 4.79 Å². The van der Waals surface area contributed by atoms with Gasteiger partial charge in [0.15, 0.2) is 0 Å². The number of methoxy groups -OCH3 is 1. The Bertz CT molecular complexity index is 614. The molecule has 1 fully saturated rings. The Balaban J connectivity index is 2.39. The molecule has 0 spiro atoms. The third kappa shape index (κ3) is 3.53. The van der Waals surface area contributed by atoms with Gasteiger partial charge in [-0.2, -0.15) is 4.31 Å². The maximum atomic E-state index is 12.8. The highest BCUT2D eigenvalue weighted by Gasteiger charge is 2.36. The van der Waals surface area contributed by atoms with Crippen LogP contribution >= 0.6 is 11.6 Å². The van der Waals surface area contributed by atoms with Crippen molar-refractivity contribution < 1.29 is 17.9 Å². The summed E-state index contributed by atoms with van der Waals surface area (Å²) in [6, 6.07) is 2.69. The van der Waals surface area contributed by atoms with E-state index in [-0.39, 0.29) is 22.6 Å². The molecule has 1 aliphatic rings. The predicted molar refractivity (Wildman–Crippen MR) is 77.4 cm³/mol. The van der Waals surface area contributed by atoms with Gasteiger partial charge in [0.05, 0.1) is 7.11 Å². The molecule has 2 rings (SSSR count). The molecule has 1 heterocycles. The molecule has 0 aromatic carbocycles. The topological polar surface area (TPSA) is 76.6 Å². The zero-order chi connectivity index (χ0) is 15.5. The fraction of sp³-hybridized carbons (Fsp3) is 0.538. The van der Waals surface area contributed by atoms with Crippen molar-refractivity contribution in [1.29, 1.82) is 0 Å². The van der Waals surface area contributed by atoms with Gasteiger partial charge in [-0.1, -0.05) is 24.4 Å². The number of rotatable bonds is 5. The number of carbonyl (C=O) groups is 1. The smallest absolute Gasteiger partial charge is 0.321 e. The van der Waals surface area contributed by atoms with Crippen LogP contribution in [0.3, 0.4) is 0 Å². The normalized spacial score (nSPS) is 16.3. The van der Waals surface area contributed by atoms with Crippen molar-refractivity contribution >= 4 is 27.6 Å². The summed E-state index contributed by atoms with van der Waals surface area (Å²) >= 11 is 5.90. The van der Waals surface area contributed by atoms with Gasteiger partial charge in [-0.15, -0.1) is 0 Å². The summed E-state index contributed by atoms with van der Waals surface area (Å²) in [5, 5.41) is -0.0923. The summed E-state index contributed by atoms with van der Waals surface area (Å²) in [6.45, 7) is -0.311. The summed E-state index contributed by atoms with van der Waals surface area (Å²) in [7, 11) is -2.65. The highest BCUT2D eigenvalue weighted by atomic mass is 35.5. The number of carbonyl (C=O) groups excluding carboxylic acids is 1. The van der Waals surface area contributed by atoms with Gasteiger partial charge in [0.25, 0.3) is 0 Å². The quantitative estimate of drug-likeness (QED) is 0.607. The number of hydrogen-bond donors (Lipinski definition) is 0. The summed E-state index contributed by atoms with van der Waals surface area (Å²) in [6.07, 6.45) is 4.76. The SMILES string of the molecule is COC(=O)CN(C1CCCC1)S(=O)(=O)c1cccnc1Cl. The van der Waals surface area contributed by atoms with Crippen LogP contribution in [0.1, 0.15) is 25.7 Å². The molecule has 0 saturated heterocycles. The lowest BCUT2D eigenvalue weighted by Crippen LogP contribution is -2.42. The fourth-order valence-corrected chi connectivity index (χ4v) is 4.54. The molecular weight excluding hydrogens is 316 g/mol. The van der Waals surface area contributed by atoms with Crippen molar-refractivity contribution in [2.75, 3.05) is 13.7 Å². The Hall–Kier alpha value is -1.18. The van der Waals surface area contributed by atoms with Gasteiger partial charge in [-0.05, 0) is 25.0 Å². The molecule has 0 amide bonds. The van der Waals surface area contributed by atoms with E-state index in [2.05, 4.69) is 9.72 Å². The first kappa shape index (κ1) is 16.2. The van der Waals surface area contributed by atoms with Crippen LogP contribution in [-0.2, 0) is 19.6 Å². The van der Waals surface area contributed by atoms with Crippen LogP contribution in [0.4, 0.5) is 0 Å². The molecule has 0 N–H and O–H groups in total. The molecule has 6 nitrogen and oxygen atoms in total. The number of sulfonamides is 1. The first-order valence-corrected chi connectivity index (χ1v) is 8.48. The molecule has 0 radical (unpaired) electrons. The summed E-state index contributed by atoms with van der Waals surface area (Å²) < 4.78 is 31.4. The summed E-state index contributed by atoms with van der Waals surface area (Å²) in [5.41, 5.74) is 0. The number of hydrogen-bond acceptors (Lipinski definition) is 5. The molecule has 0 bridgehead atoms. The molecule has 1 saturated carbocycles. The van der Waals surface area contributed by atoms with Crippen LogP contribution in [0.25, 0.3) is 0 Å². The lowest BCUT2D eigenvalue weighted by Gasteiger charge is -2.27. The second kappa shape index (κ2) is 6.72. The molecule has 8 heteroatoms. The predicted octanol–water partition coefficient (Wildman–Crippen LogP) is 1.84. The maximum Gasteiger partial charge on any atom is 0.321 e. The van der Waals surface area contributed by atoms with E-state index >= 15 is 0 Å². The van der Waals surface area contributed by atoms with Crippen LogP contribution in [0.15, 0.2) is 23.2 Å². The standard InChI is InChI=1S/C13H17ClN2O4S/c1-20-12(17)9-16(10-5-2-3-6-10)21(18,19)11-7-4-8-15-13(11)14/h4,7-8,10H,2-3,5-6,9H2,1H3. The van der Waals surface area contributed by atoms with Crippen molar-refractivity contribution in [1.82, 2.24) is 9.29 Å². The van der Waals surface area contributed by atoms with E-state index in [1.165, 1.54) is 29.7 Å². The van der Waals surface area contributed by atoms with Crippen LogP contribution in [0, 0.1) is 0 Å². The highest BCUT2D eigenvalue weighted by Crippen LogP contribution is 2.30. The second-order valence-corrected chi connectivity index (χ2v) is 7.07. The Morgan fingerprint density at radius 2 is 2.14 bits per heavy atom. The lowest BCUT2D eigenvalue weighted by molar-refractivity contribution is -0.141.